The molecule has 0 spiro atoms. The number of carbonyl (C=O) groups is 1. The minimum Gasteiger partial charge on any atom is -0.356 e. The van der Waals surface area contributed by atoms with Crippen LogP contribution < -0.4 is 15.8 Å². The highest BCUT2D eigenvalue weighted by Gasteiger charge is 2.14. The molecule has 1 unspecified atom stereocenters. The van der Waals surface area contributed by atoms with Crippen molar-refractivity contribution >= 4 is 15.9 Å². The second kappa shape index (κ2) is 8.11. The molecular formula is C14H23N3O3S. The van der Waals surface area contributed by atoms with E-state index in [1.54, 1.807) is 12.1 Å². The summed E-state index contributed by atoms with van der Waals surface area (Å²) in [5.41, 5.74) is 6.59. The lowest BCUT2D eigenvalue weighted by atomic mass is 10.1. The summed E-state index contributed by atoms with van der Waals surface area (Å²) in [4.78, 5) is 11.6. The van der Waals surface area contributed by atoms with Crippen LogP contribution in [0.1, 0.15) is 38.3 Å². The highest BCUT2D eigenvalue weighted by atomic mass is 32.2. The van der Waals surface area contributed by atoms with E-state index in [0.717, 1.165) is 12.0 Å². The van der Waals surface area contributed by atoms with E-state index in [1.807, 2.05) is 13.8 Å². The van der Waals surface area contributed by atoms with E-state index < -0.39 is 10.0 Å². The SMILES string of the molecule is CCCNC(=O)CCNS(=O)(=O)c1ccc(C(C)N)cc1. The Morgan fingerprint density at radius 3 is 2.38 bits per heavy atom. The summed E-state index contributed by atoms with van der Waals surface area (Å²) in [6.07, 6.45) is 0.973. The predicted molar refractivity (Wildman–Crippen MR) is 82.2 cm³/mol. The predicted octanol–water partition coefficient (Wildman–Crippen LogP) is 0.901. The van der Waals surface area contributed by atoms with Gasteiger partial charge in [-0.3, -0.25) is 4.79 Å². The van der Waals surface area contributed by atoms with Crippen molar-refractivity contribution in [2.45, 2.75) is 37.6 Å². The number of hydrogen-bond acceptors (Lipinski definition) is 4. The lowest BCUT2D eigenvalue weighted by Crippen LogP contribution is -2.31. The number of amides is 1. The summed E-state index contributed by atoms with van der Waals surface area (Å²) in [5.74, 6) is -0.160. The summed E-state index contributed by atoms with van der Waals surface area (Å²) in [7, 11) is -3.59. The second-order valence-electron chi connectivity index (χ2n) is 4.86. The number of nitrogens with two attached hydrogens (primary N) is 1. The molecule has 0 aliphatic heterocycles. The van der Waals surface area contributed by atoms with Crippen LogP contribution in [0.15, 0.2) is 29.2 Å². The Morgan fingerprint density at radius 2 is 1.86 bits per heavy atom. The van der Waals surface area contributed by atoms with Gasteiger partial charge in [0.05, 0.1) is 4.90 Å². The summed E-state index contributed by atoms with van der Waals surface area (Å²) in [6.45, 7) is 4.46. The third-order valence-corrected chi connectivity index (χ3v) is 4.41. The highest BCUT2D eigenvalue weighted by molar-refractivity contribution is 7.89. The largest absolute Gasteiger partial charge is 0.356 e. The Balaban J connectivity index is 2.55. The topological polar surface area (TPSA) is 101 Å². The van der Waals surface area contributed by atoms with Gasteiger partial charge in [-0.05, 0) is 31.0 Å². The van der Waals surface area contributed by atoms with Gasteiger partial charge in [-0.1, -0.05) is 19.1 Å². The zero-order chi connectivity index (χ0) is 15.9. The standard InChI is InChI=1S/C14H23N3O3S/c1-3-9-16-14(18)8-10-17-21(19,20)13-6-4-12(5-7-13)11(2)15/h4-7,11,17H,3,8-10,15H2,1-2H3,(H,16,18). The van der Waals surface area contributed by atoms with Gasteiger partial charge >= 0.3 is 0 Å². The Labute approximate surface area is 126 Å². The molecule has 1 aromatic rings. The fourth-order valence-electron chi connectivity index (χ4n) is 1.69. The normalized spacial score (nSPS) is 12.9. The van der Waals surface area contributed by atoms with Crippen molar-refractivity contribution in [3.8, 4) is 0 Å². The molecule has 6 nitrogen and oxygen atoms in total. The maximum Gasteiger partial charge on any atom is 0.240 e. The van der Waals surface area contributed by atoms with E-state index in [9.17, 15) is 13.2 Å². The van der Waals surface area contributed by atoms with Crippen molar-refractivity contribution in [1.82, 2.24) is 10.0 Å². The molecule has 21 heavy (non-hydrogen) atoms. The van der Waals surface area contributed by atoms with Crippen LogP contribution in [0.4, 0.5) is 0 Å². The second-order valence-corrected chi connectivity index (χ2v) is 6.62. The number of rotatable bonds is 8. The van der Waals surface area contributed by atoms with E-state index in [1.165, 1.54) is 12.1 Å². The van der Waals surface area contributed by atoms with Crippen LogP contribution in [0.2, 0.25) is 0 Å². The van der Waals surface area contributed by atoms with E-state index in [0.29, 0.717) is 6.54 Å². The van der Waals surface area contributed by atoms with Crippen LogP contribution >= 0.6 is 0 Å². The van der Waals surface area contributed by atoms with Gasteiger partial charge in [-0.25, -0.2) is 13.1 Å². The van der Waals surface area contributed by atoms with Crippen LogP contribution in [-0.4, -0.2) is 27.4 Å². The number of nitrogens with one attached hydrogen (secondary N) is 2. The maximum atomic E-state index is 12.0. The molecule has 118 valence electrons. The summed E-state index contributed by atoms with van der Waals surface area (Å²) >= 11 is 0. The minimum atomic E-state index is -3.59. The van der Waals surface area contributed by atoms with Crippen molar-refractivity contribution in [1.29, 1.82) is 0 Å². The molecule has 0 aliphatic rings. The van der Waals surface area contributed by atoms with Crippen molar-refractivity contribution in [2.24, 2.45) is 5.73 Å². The smallest absolute Gasteiger partial charge is 0.240 e. The Bertz CT molecular complexity index is 553. The van der Waals surface area contributed by atoms with Crippen LogP contribution in [-0.2, 0) is 14.8 Å². The summed E-state index contributed by atoms with van der Waals surface area (Å²) < 4.78 is 26.5. The molecule has 0 saturated heterocycles. The molecule has 0 radical (unpaired) electrons. The third kappa shape index (κ3) is 5.82. The molecule has 1 rings (SSSR count). The van der Waals surface area contributed by atoms with Crippen LogP contribution in [0, 0.1) is 0 Å². The van der Waals surface area contributed by atoms with Crippen LogP contribution in [0.5, 0.6) is 0 Å². The molecule has 0 heterocycles. The average Bonchev–Trinajstić information content (AvgIpc) is 2.45. The lowest BCUT2D eigenvalue weighted by molar-refractivity contribution is -0.120. The Hall–Kier alpha value is -1.44. The monoisotopic (exact) mass is 313 g/mol. The first-order valence-electron chi connectivity index (χ1n) is 6.98. The molecule has 0 aromatic heterocycles. The molecule has 0 saturated carbocycles. The average molecular weight is 313 g/mol. The Kier molecular flexibility index (Phi) is 6.80. The van der Waals surface area contributed by atoms with Gasteiger partial charge in [0.2, 0.25) is 15.9 Å². The first kappa shape index (κ1) is 17.6. The zero-order valence-electron chi connectivity index (χ0n) is 12.4. The van der Waals surface area contributed by atoms with E-state index in [4.69, 9.17) is 5.73 Å². The van der Waals surface area contributed by atoms with Crippen molar-refractivity contribution < 1.29 is 13.2 Å². The molecule has 1 atom stereocenters. The number of hydrogen-bond donors (Lipinski definition) is 3. The molecule has 0 bridgehead atoms. The number of sulfonamides is 1. The van der Waals surface area contributed by atoms with Crippen LogP contribution in [0.3, 0.4) is 0 Å². The van der Waals surface area contributed by atoms with Gasteiger partial charge < -0.3 is 11.1 Å². The van der Waals surface area contributed by atoms with Crippen molar-refractivity contribution in [2.75, 3.05) is 13.1 Å². The maximum absolute atomic E-state index is 12.0. The summed E-state index contributed by atoms with van der Waals surface area (Å²) in [6, 6.07) is 6.26. The minimum absolute atomic E-state index is 0.0763. The van der Waals surface area contributed by atoms with Gasteiger partial charge in [-0.15, -0.1) is 0 Å². The van der Waals surface area contributed by atoms with E-state index in [2.05, 4.69) is 10.0 Å². The Morgan fingerprint density at radius 1 is 1.24 bits per heavy atom. The number of carbonyl (C=O) groups excluding carboxylic acids is 1. The van der Waals surface area contributed by atoms with Crippen molar-refractivity contribution in [3.63, 3.8) is 0 Å². The molecule has 1 aromatic carbocycles. The van der Waals surface area contributed by atoms with Gasteiger partial charge in [0, 0.05) is 25.6 Å². The van der Waals surface area contributed by atoms with Gasteiger partial charge in [0.25, 0.3) is 0 Å². The van der Waals surface area contributed by atoms with E-state index >= 15 is 0 Å². The van der Waals surface area contributed by atoms with Gasteiger partial charge in [0.1, 0.15) is 0 Å². The van der Waals surface area contributed by atoms with Gasteiger partial charge in [-0.2, -0.15) is 0 Å². The number of benzene rings is 1. The molecular weight excluding hydrogens is 290 g/mol. The fourth-order valence-corrected chi connectivity index (χ4v) is 2.72. The fraction of sp³-hybridized carbons (Fsp3) is 0.500. The first-order valence-corrected chi connectivity index (χ1v) is 8.47. The molecule has 7 heteroatoms. The quantitative estimate of drug-likeness (QED) is 0.663. The van der Waals surface area contributed by atoms with Gasteiger partial charge in [0.15, 0.2) is 0 Å². The van der Waals surface area contributed by atoms with Crippen molar-refractivity contribution in [3.05, 3.63) is 29.8 Å². The zero-order valence-corrected chi connectivity index (χ0v) is 13.2. The summed E-state index contributed by atoms with van der Waals surface area (Å²) in [5, 5.41) is 2.69. The van der Waals surface area contributed by atoms with E-state index in [-0.39, 0.29) is 29.8 Å². The third-order valence-electron chi connectivity index (χ3n) is 2.93. The molecule has 4 N–H and O–H groups in total. The first-order chi connectivity index (χ1) is 9.86. The van der Waals surface area contributed by atoms with Crippen LogP contribution in [0.25, 0.3) is 0 Å². The molecule has 1 amide bonds. The molecule has 0 aliphatic carbocycles. The lowest BCUT2D eigenvalue weighted by Gasteiger charge is -2.09. The molecule has 0 fully saturated rings. The highest BCUT2D eigenvalue weighted by Crippen LogP contribution is 2.14.